The van der Waals surface area contributed by atoms with Crippen LogP contribution in [-0.2, 0) is 9.22 Å². The van der Waals surface area contributed by atoms with Crippen molar-refractivity contribution >= 4 is 22.1 Å². The third-order valence-corrected chi connectivity index (χ3v) is 5.36. The van der Waals surface area contributed by atoms with Crippen molar-refractivity contribution < 1.29 is 38.1 Å². The molecule has 6 nitrogen and oxygen atoms in total. The largest absolute Gasteiger partial charge is 0.395 e. The lowest BCUT2D eigenvalue weighted by atomic mass is 9.70. The maximum Gasteiger partial charge on any atom is 0.360 e. The molecule has 0 aliphatic carbocycles. The van der Waals surface area contributed by atoms with Gasteiger partial charge in [-0.25, -0.2) is 0 Å². The molecule has 9 heteroatoms. The lowest BCUT2D eigenvalue weighted by Gasteiger charge is -2.50. The van der Waals surface area contributed by atoms with Gasteiger partial charge in [0.2, 0.25) is 5.78 Å². The Morgan fingerprint density at radius 2 is 1.41 bits per heavy atom. The van der Waals surface area contributed by atoms with E-state index in [2.05, 4.69) is 4.43 Å². The molecule has 3 atom stereocenters. The second kappa shape index (κ2) is 7.14. The first-order chi connectivity index (χ1) is 12.0. The zero-order valence-corrected chi connectivity index (χ0v) is 18.2. The predicted octanol–water partition coefficient (Wildman–Crippen LogP) is 0.607. The lowest BCUT2D eigenvalue weighted by Crippen LogP contribution is -2.76. The van der Waals surface area contributed by atoms with Crippen LogP contribution in [0.2, 0.25) is 0 Å². The molecule has 0 spiro atoms. The van der Waals surface area contributed by atoms with Crippen molar-refractivity contribution in [2.75, 3.05) is 0 Å². The molecule has 1 unspecified atom stereocenters. The molecule has 0 bridgehead atoms. The summed E-state index contributed by atoms with van der Waals surface area (Å²) < 4.78 is 34.6. The average Bonchev–Trinajstić information content (AvgIpc) is 2.58. The van der Waals surface area contributed by atoms with Crippen LogP contribution in [-0.4, -0.2) is 60.3 Å². The number of Topliss-reactive ketones (excluding diaryl/α,β-unsaturated/α-hetero) is 2. The van der Waals surface area contributed by atoms with Crippen LogP contribution in [0, 0.1) is 5.41 Å². The molecule has 1 aromatic rings. The minimum Gasteiger partial charge on any atom is -0.395 e. The van der Waals surface area contributed by atoms with Crippen LogP contribution in [0.3, 0.4) is 0 Å². The Hall–Kier alpha value is -1.52. The van der Waals surface area contributed by atoms with Gasteiger partial charge in [0.25, 0.3) is 5.79 Å². The SMILES string of the molecule is CC(C)(C)C(=O)C(F)(F)[C@](O)(O[SiH3])[C@](C)(O)C(C)(O)C(=O)c1ccccc1. The van der Waals surface area contributed by atoms with Gasteiger partial charge in [-0.15, -0.1) is 0 Å². The van der Waals surface area contributed by atoms with Crippen molar-refractivity contribution in [1.82, 2.24) is 0 Å². The van der Waals surface area contributed by atoms with E-state index in [1.165, 1.54) is 45.0 Å². The van der Waals surface area contributed by atoms with Gasteiger partial charge in [-0.2, -0.15) is 8.78 Å². The quantitative estimate of drug-likeness (QED) is 0.349. The molecule has 0 amide bonds. The van der Waals surface area contributed by atoms with E-state index in [-0.39, 0.29) is 5.56 Å². The van der Waals surface area contributed by atoms with Gasteiger partial charge in [-0.1, -0.05) is 51.1 Å². The number of carbonyl (C=O) groups excluding carboxylic acids is 2. The van der Waals surface area contributed by atoms with E-state index in [9.17, 15) is 33.7 Å². The summed E-state index contributed by atoms with van der Waals surface area (Å²) in [5, 5.41) is 32.1. The van der Waals surface area contributed by atoms with Crippen molar-refractivity contribution in [3.8, 4) is 0 Å². The Morgan fingerprint density at radius 3 is 1.78 bits per heavy atom. The Morgan fingerprint density at radius 1 is 0.963 bits per heavy atom. The van der Waals surface area contributed by atoms with Crippen LogP contribution in [0.4, 0.5) is 8.78 Å². The maximum atomic E-state index is 15.0. The van der Waals surface area contributed by atoms with Gasteiger partial charge < -0.3 is 19.7 Å². The zero-order chi connectivity index (χ0) is 21.5. The number of halogens is 2. The molecule has 1 rings (SSSR count). The number of hydrogen-bond donors (Lipinski definition) is 3. The summed E-state index contributed by atoms with van der Waals surface area (Å²) in [4.78, 5) is 24.9. The minimum absolute atomic E-state index is 0.0797. The first kappa shape index (κ1) is 23.5. The lowest BCUT2D eigenvalue weighted by molar-refractivity contribution is -0.359. The van der Waals surface area contributed by atoms with Crippen molar-refractivity contribution in [2.24, 2.45) is 5.41 Å². The van der Waals surface area contributed by atoms with Crippen molar-refractivity contribution in [3.05, 3.63) is 35.9 Å². The number of aliphatic hydroxyl groups is 3. The van der Waals surface area contributed by atoms with Crippen molar-refractivity contribution in [2.45, 2.75) is 57.5 Å². The Labute approximate surface area is 159 Å². The number of ketones is 2. The normalized spacial score (nSPS) is 19.6. The summed E-state index contributed by atoms with van der Waals surface area (Å²) in [7, 11) is -0.524. The number of benzene rings is 1. The van der Waals surface area contributed by atoms with Gasteiger partial charge >= 0.3 is 5.92 Å². The van der Waals surface area contributed by atoms with Crippen LogP contribution in [0.5, 0.6) is 0 Å². The minimum atomic E-state index is -4.61. The number of alkyl halides is 2. The van der Waals surface area contributed by atoms with Gasteiger partial charge in [-0.05, 0) is 13.8 Å². The fourth-order valence-electron chi connectivity index (χ4n) is 2.68. The standard InChI is InChI=1S/C18H26F2O6Si/c1-14(2,3)13(22)17(19,20)18(25,26-27)16(5,24)15(4,23)12(21)11-9-7-6-8-10-11/h6-10,23-25H,1-5,27H3/t15?,16-,18-/m1/s1. The van der Waals surface area contributed by atoms with Crippen LogP contribution in [0.15, 0.2) is 30.3 Å². The highest BCUT2D eigenvalue weighted by Gasteiger charge is 2.74. The van der Waals surface area contributed by atoms with Crippen LogP contribution < -0.4 is 0 Å². The van der Waals surface area contributed by atoms with E-state index < -0.39 is 50.4 Å². The fraction of sp³-hybridized carbons (Fsp3) is 0.556. The topological polar surface area (TPSA) is 104 Å². The highest BCUT2D eigenvalue weighted by molar-refractivity contribution is 6.04. The molecule has 152 valence electrons. The zero-order valence-electron chi connectivity index (χ0n) is 16.2. The second-order valence-corrected chi connectivity index (χ2v) is 8.25. The summed E-state index contributed by atoms with van der Waals surface area (Å²) in [6.07, 6.45) is 0. The molecule has 0 aliphatic heterocycles. The molecular weight excluding hydrogens is 378 g/mol. The molecule has 1 aromatic carbocycles. The molecule has 0 fully saturated rings. The summed E-state index contributed by atoms with van der Waals surface area (Å²) in [6.45, 7) is 5.04. The van der Waals surface area contributed by atoms with Gasteiger partial charge in [-0.3, -0.25) is 9.59 Å². The number of carbonyl (C=O) groups is 2. The third kappa shape index (κ3) is 3.62. The molecule has 3 N–H and O–H groups in total. The molecular formula is C18H26F2O6Si. The molecule has 0 heterocycles. The second-order valence-electron chi connectivity index (χ2n) is 7.84. The summed E-state index contributed by atoms with van der Waals surface area (Å²) >= 11 is 0. The van der Waals surface area contributed by atoms with Gasteiger partial charge in [0, 0.05) is 11.0 Å². The Bertz CT molecular complexity index is 712. The molecule has 0 radical (unpaired) electrons. The molecule has 0 aliphatic rings. The fourth-order valence-corrected chi connectivity index (χ4v) is 3.33. The Kier molecular flexibility index (Phi) is 6.22. The molecule has 0 saturated heterocycles. The smallest absolute Gasteiger partial charge is 0.360 e. The molecule has 0 aromatic heterocycles. The highest BCUT2D eigenvalue weighted by Crippen LogP contribution is 2.47. The van der Waals surface area contributed by atoms with E-state index >= 15 is 0 Å². The van der Waals surface area contributed by atoms with Crippen LogP contribution >= 0.6 is 0 Å². The van der Waals surface area contributed by atoms with E-state index in [1.807, 2.05) is 0 Å². The number of hydrogen-bond acceptors (Lipinski definition) is 6. The first-order valence-corrected chi connectivity index (χ1v) is 9.05. The van der Waals surface area contributed by atoms with Gasteiger partial charge in [0.1, 0.15) is 10.5 Å². The first-order valence-electron chi connectivity index (χ1n) is 8.23. The molecule has 27 heavy (non-hydrogen) atoms. The maximum absolute atomic E-state index is 15.0. The third-order valence-electron chi connectivity index (χ3n) is 4.77. The van der Waals surface area contributed by atoms with Gasteiger partial charge in [0.15, 0.2) is 17.0 Å². The van der Waals surface area contributed by atoms with E-state index in [1.54, 1.807) is 6.07 Å². The van der Waals surface area contributed by atoms with E-state index in [4.69, 9.17) is 0 Å². The van der Waals surface area contributed by atoms with Crippen molar-refractivity contribution in [1.29, 1.82) is 0 Å². The highest BCUT2D eigenvalue weighted by atomic mass is 28.2. The van der Waals surface area contributed by atoms with Crippen LogP contribution in [0.1, 0.15) is 45.0 Å². The monoisotopic (exact) mass is 404 g/mol. The average molecular weight is 404 g/mol. The predicted molar refractivity (Wildman–Crippen MR) is 97.4 cm³/mol. The van der Waals surface area contributed by atoms with Crippen molar-refractivity contribution in [3.63, 3.8) is 0 Å². The summed E-state index contributed by atoms with van der Waals surface area (Å²) in [6, 6.07) is 7.17. The molecule has 0 saturated carbocycles. The summed E-state index contributed by atoms with van der Waals surface area (Å²) in [5.74, 6) is -11.3. The van der Waals surface area contributed by atoms with Crippen LogP contribution in [0.25, 0.3) is 0 Å². The summed E-state index contributed by atoms with van der Waals surface area (Å²) in [5.41, 5.74) is -7.82. The number of rotatable bonds is 7. The Balaban J connectivity index is 3.55. The van der Waals surface area contributed by atoms with Gasteiger partial charge in [0.05, 0.1) is 0 Å². The van der Waals surface area contributed by atoms with E-state index in [0.717, 1.165) is 6.92 Å². The van der Waals surface area contributed by atoms with E-state index in [0.29, 0.717) is 6.92 Å².